The summed E-state index contributed by atoms with van der Waals surface area (Å²) in [7, 11) is -3.87. The number of nitro groups is 1. The van der Waals surface area contributed by atoms with Crippen molar-refractivity contribution >= 4 is 27.3 Å². The first-order chi connectivity index (χ1) is 13.0. The molecule has 1 N–H and O–H groups in total. The average molecular weight is 405 g/mol. The largest absolute Gasteiger partial charge is 0.350 e. The lowest BCUT2D eigenvalue weighted by molar-refractivity contribution is -0.384. The van der Waals surface area contributed by atoms with E-state index in [0.29, 0.717) is 5.56 Å². The van der Waals surface area contributed by atoms with E-state index in [-0.39, 0.29) is 17.9 Å². The summed E-state index contributed by atoms with van der Waals surface area (Å²) in [4.78, 5) is 23.1. The maximum absolute atomic E-state index is 12.6. The van der Waals surface area contributed by atoms with Crippen molar-refractivity contribution in [3.8, 4) is 0 Å². The molecule has 0 radical (unpaired) electrons. The van der Waals surface area contributed by atoms with Crippen LogP contribution in [0.25, 0.3) is 0 Å². The van der Waals surface area contributed by atoms with Gasteiger partial charge in [0.05, 0.1) is 16.9 Å². The van der Waals surface area contributed by atoms with Crippen LogP contribution < -0.4 is 9.62 Å². The molecule has 0 unspecified atom stereocenters. The van der Waals surface area contributed by atoms with Crippen LogP contribution in [0.3, 0.4) is 0 Å². The average Bonchev–Trinajstić information content (AvgIpc) is 2.60. The molecule has 28 heavy (non-hydrogen) atoms. The number of benzene rings is 2. The first-order valence-corrected chi connectivity index (χ1v) is 10.4. The smallest absolute Gasteiger partial charge is 0.271 e. The van der Waals surface area contributed by atoms with Crippen LogP contribution in [0.15, 0.2) is 42.5 Å². The van der Waals surface area contributed by atoms with E-state index < -0.39 is 26.9 Å². The Morgan fingerprint density at radius 1 is 1.21 bits per heavy atom. The number of carbonyl (C=O) groups is 1. The maximum Gasteiger partial charge on any atom is 0.271 e. The second kappa shape index (κ2) is 8.39. The summed E-state index contributed by atoms with van der Waals surface area (Å²) in [5.41, 5.74) is 2.30. The molecular formula is C19H23N3O5S. The lowest BCUT2D eigenvalue weighted by Gasteiger charge is -2.29. The standard InChI is InChI=1S/C19H23N3O5S/c1-13-6-5-7-16(10-13)12-20-19(23)15(3)21(28(4,26)27)18-11-17(22(24)25)9-8-14(18)2/h5-11,15H,12H2,1-4H3,(H,20,23)/t15-/m1/s1. The number of hydrogen-bond donors (Lipinski definition) is 1. The molecule has 8 nitrogen and oxygen atoms in total. The summed E-state index contributed by atoms with van der Waals surface area (Å²) < 4.78 is 25.7. The molecular weight excluding hydrogens is 382 g/mol. The highest BCUT2D eigenvalue weighted by atomic mass is 32.2. The number of sulfonamides is 1. The molecule has 0 fully saturated rings. The number of rotatable bonds is 7. The van der Waals surface area contributed by atoms with Crippen molar-refractivity contribution in [1.82, 2.24) is 5.32 Å². The van der Waals surface area contributed by atoms with Crippen LogP contribution in [0.5, 0.6) is 0 Å². The third kappa shape index (κ3) is 5.07. The van der Waals surface area contributed by atoms with Gasteiger partial charge in [-0.3, -0.25) is 19.2 Å². The number of anilines is 1. The highest BCUT2D eigenvalue weighted by Gasteiger charge is 2.31. The van der Waals surface area contributed by atoms with Crippen LogP contribution in [-0.4, -0.2) is 31.5 Å². The van der Waals surface area contributed by atoms with Crippen LogP contribution in [0.2, 0.25) is 0 Å². The lowest BCUT2D eigenvalue weighted by Crippen LogP contribution is -2.48. The van der Waals surface area contributed by atoms with Gasteiger partial charge in [-0.1, -0.05) is 35.9 Å². The molecule has 2 aromatic carbocycles. The van der Waals surface area contributed by atoms with Crippen LogP contribution in [0.1, 0.15) is 23.6 Å². The van der Waals surface area contributed by atoms with Crippen molar-refractivity contribution in [2.75, 3.05) is 10.6 Å². The second-order valence-electron chi connectivity index (χ2n) is 6.67. The van der Waals surface area contributed by atoms with Crippen molar-refractivity contribution in [1.29, 1.82) is 0 Å². The Morgan fingerprint density at radius 2 is 1.89 bits per heavy atom. The summed E-state index contributed by atoms with van der Waals surface area (Å²) >= 11 is 0. The summed E-state index contributed by atoms with van der Waals surface area (Å²) in [6, 6.07) is 10.4. The van der Waals surface area contributed by atoms with Crippen molar-refractivity contribution in [3.05, 3.63) is 69.3 Å². The maximum atomic E-state index is 12.6. The Bertz CT molecular complexity index is 1000. The number of aryl methyl sites for hydroxylation is 2. The molecule has 0 saturated heterocycles. The van der Waals surface area contributed by atoms with Gasteiger partial charge in [0.15, 0.2) is 0 Å². The third-order valence-corrected chi connectivity index (χ3v) is 5.51. The molecule has 0 bridgehead atoms. The quantitative estimate of drug-likeness (QED) is 0.563. The summed E-state index contributed by atoms with van der Waals surface area (Å²) in [5, 5.41) is 13.8. The van der Waals surface area contributed by atoms with Crippen molar-refractivity contribution in [3.63, 3.8) is 0 Å². The van der Waals surface area contributed by atoms with Gasteiger partial charge >= 0.3 is 0 Å². The predicted molar refractivity (Wildman–Crippen MR) is 108 cm³/mol. The minimum absolute atomic E-state index is 0.106. The summed E-state index contributed by atoms with van der Waals surface area (Å²) in [6.07, 6.45) is 0.968. The number of hydrogen-bond acceptors (Lipinski definition) is 5. The van der Waals surface area contributed by atoms with E-state index >= 15 is 0 Å². The van der Waals surface area contributed by atoms with E-state index in [9.17, 15) is 23.3 Å². The molecule has 150 valence electrons. The van der Waals surface area contributed by atoms with Crippen molar-refractivity contribution in [2.45, 2.75) is 33.4 Å². The fourth-order valence-corrected chi connectivity index (χ4v) is 4.11. The summed E-state index contributed by atoms with van der Waals surface area (Å²) in [6.45, 7) is 5.26. The molecule has 2 rings (SSSR count). The van der Waals surface area contributed by atoms with Gasteiger partial charge in [-0.15, -0.1) is 0 Å². The Labute approximate surface area is 164 Å². The molecule has 0 spiro atoms. The number of non-ortho nitro benzene ring substituents is 1. The third-order valence-electron chi connectivity index (χ3n) is 4.28. The Kier molecular flexibility index (Phi) is 6.40. The first kappa shape index (κ1) is 21.4. The zero-order chi connectivity index (χ0) is 21.1. The van der Waals surface area contributed by atoms with Crippen molar-refractivity contribution in [2.24, 2.45) is 0 Å². The number of amides is 1. The van der Waals surface area contributed by atoms with Gasteiger partial charge in [0, 0.05) is 18.7 Å². The molecule has 9 heteroatoms. The van der Waals surface area contributed by atoms with E-state index in [1.165, 1.54) is 25.1 Å². The molecule has 2 aromatic rings. The molecule has 0 aromatic heterocycles. The first-order valence-electron chi connectivity index (χ1n) is 8.58. The van der Waals surface area contributed by atoms with E-state index in [2.05, 4.69) is 5.32 Å². The minimum atomic E-state index is -3.87. The predicted octanol–water partition coefficient (Wildman–Crippen LogP) is 2.68. The monoisotopic (exact) mass is 405 g/mol. The van der Waals surface area contributed by atoms with E-state index in [1.807, 2.05) is 31.2 Å². The lowest BCUT2D eigenvalue weighted by atomic mass is 10.1. The molecule has 0 aliphatic heterocycles. The van der Waals surface area contributed by atoms with E-state index in [4.69, 9.17) is 0 Å². The Hall–Kier alpha value is -2.94. The fourth-order valence-electron chi connectivity index (χ4n) is 2.89. The number of nitrogens with zero attached hydrogens (tertiary/aromatic N) is 2. The normalized spacial score (nSPS) is 12.3. The van der Waals surface area contributed by atoms with Crippen LogP contribution in [-0.2, 0) is 21.4 Å². The van der Waals surface area contributed by atoms with Gasteiger partial charge < -0.3 is 5.32 Å². The van der Waals surface area contributed by atoms with Crippen molar-refractivity contribution < 1.29 is 18.1 Å². The van der Waals surface area contributed by atoms with Gasteiger partial charge in [0.2, 0.25) is 15.9 Å². The Balaban J connectivity index is 2.31. The molecule has 0 saturated carbocycles. The van der Waals surface area contributed by atoms with Crippen LogP contribution in [0, 0.1) is 24.0 Å². The number of carbonyl (C=O) groups excluding carboxylic acids is 1. The zero-order valence-electron chi connectivity index (χ0n) is 16.2. The summed E-state index contributed by atoms with van der Waals surface area (Å²) in [5.74, 6) is -0.502. The van der Waals surface area contributed by atoms with Gasteiger partial charge in [0.25, 0.3) is 5.69 Å². The molecule has 0 aliphatic rings. The SMILES string of the molecule is Cc1cccc(CNC(=O)[C@@H](C)N(c2cc([N+](=O)[O-])ccc2C)S(C)(=O)=O)c1. The minimum Gasteiger partial charge on any atom is -0.350 e. The molecule has 0 aliphatic carbocycles. The molecule has 1 atom stereocenters. The fraction of sp³-hybridized carbons (Fsp3) is 0.316. The van der Waals surface area contributed by atoms with Crippen LogP contribution in [0.4, 0.5) is 11.4 Å². The highest BCUT2D eigenvalue weighted by molar-refractivity contribution is 7.92. The van der Waals surface area contributed by atoms with Gasteiger partial charge in [-0.2, -0.15) is 0 Å². The zero-order valence-corrected chi connectivity index (χ0v) is 17.0. The Morgan fingerprint density at radius 3 is 2.46 bits per heavy atom. The number of nitrogens with one attached hydrogen (secondary N) is 1. The van der Waals surface area contributed by atoms with Gasteiger partial charge in [-0.05, 0) is 31.9 Å². The van der Waals surface area contributed by atoms with Gasteiger partial charge in [-0.25, -0.2) is 8.42 Å². The second-order valence-corrected chi connectivity index (χ2v) is 8.53. The topological polar surface area (TPSA) is 110 Å². The van der Waals surface area contributed by atoms with E-state index in [0.717, 1.165) is 21.7 Å². The molecule has 0 heterocycles. The van der Waals surface area contributed by atoms with E-state index in [1.54, 1.807) is 6.92 Å². The van der Waals surface area contributed by atoms with Crippen LogP contribution >= 0.6 is 0 Å². The molecule has 1 amide bonds. The highest BCUT2D eigenvalue weighted by Crippen LogP contribution is 2.29. The number of nitro benzene ring substituents is 1. The van der Waals surface area contributed by atoms with Gasteiger partial charge in [0.1, 0.15) is 6.04 Å².